The van der Waals surface area contributed by atoms with Gasteiger partial charge in [-0.25, -0.2) is 4.98 Å². The van der Waals surface area contributed by atoms with Gasteiger partial charge in [0.15, 0.2) is 5.82 Å². The monoisotopic (exact) mass is 481 g/mol. The molecule has 9 heteroatoms. The highest BCUT2D eigenvalue weighted by Gasteiger charge is 2.32. The molecule has 1 amide bonds. The molecular formula is C24H27N5O2S2. The van der Waals surface area contributed by atoms with Crippen LogP contribution in [-0.4, -0.2) is 34.0 Å². The van der Waals surface area contributed by atoms with Gasteiger partial charge >= 0.3 is 0 Å². The predicted octanol–water partition coefficient (Wildman–Crippen LogP) is 5.30. The zero-order valence-electron chi connectivity index (χ0n) is 19.2. The number of carbonyl (C=O) groups excluding carboxylic acids is 1. The van der Waals surface area contributed by atoms with Crippen LogP contribution in [0.2, 0.25) is 0 Å². The van der Waals surface area contributed by atoms with Crippen LogP contribution in [0, 0.1) is 22.7 Å². The van der Waals surface area contributed by atoms with Gasteiger partial charge < -0.3 is 10.1 Å². The minimum Gasteiger partial charge on any atom is -0.497 e. The molecule has 0 saturated heterocycles. The third-order valence-electron chi connectivity index (χ3n) is 6.02. The van der Waals surface area contributed by atoms with Crippen molar-refractivity contribution in [2.45, 2.75) is 45.2 Å². The quantitative estimate of drug-likeness (QED) is 0.463. The Labute approximate surface area is 202 Å². The Morgan fingerprint density at radius 3 is 2.79 bits per heavy atom. The molecule has 3 aromatic rings. The maximum atomic E-state index is 12.6. The lowest BCUT2D eigenvalue weighted by Gasteiger charge is -2.33. The zero-order valence-corrected chi connectivity index (χ0v) is 20.8. The van der Waals surface area contributed by atoms with Gasteiger partial charge in [0.05, 0.1) is 18.4 Å². The third kappa shape index (κ3) is 5.23. The number of fused-ring (bicyclic) bond motifs is 1. The van der Waals surface area contributed by atoms with Crippen molar-refractivity contribution in [1.29, 1.82) is 5.26 Å². The Morgan fingerprint density at radius 2 is 2.12 bits per heavy atom. The van der Waals surface area contributed by atoms with Gasteiger partial charge in [0, 0.05) is 10.4 Å². The fourth-order valence-corrected chi connectivity index (χ4v) is 5.91. The summed E-state index contributed by atoms with van der Waals surface area (Å²) < 4.78 is 5.17. The Balaban J connectivity index is 1.38. The summed E-state index contributed by atoms with van der Waals surface area (Å²) in [5.41, 5.74) is 2.86. The van der Waals surface area contributed by atoms with Gasteiger partial charge in [-0.1, -0.05) is 32.5 Å². The van der Waals surface area contributed by atoms with Crippen molar-refractivity contribution in [1.82, 2.24) is 15.2 Å². The van der Waals surface area contributed by atoms with Crippen molar-refractivity contribution >= 4 is 34.0 Å². The van der Waals surface area contributed by atoms with Crippen molar-refractivity contribution in [3.8, 4) is 23.2 Å². The number of ether oxygens (including phenoxy) is 1. The second kappa shape index (κ2) is 9.57. The number of hydrogen-bond acceptors (Lipinski definition) is 7. The highest BCUT2D eigenvalue weighted by molar-refractivity contribution is 7.99. The summed E-state index contributed by atoms with van der Waals surface area (Å²) >= 11 is 2.80. The highest BCUT2D eigenvalue weighted by atomic mass is 32.2. The number of aromatic amines is 1. The van der Waals surface area contributed by atoms with E-state index in [2.05, 4.69) is 47.3 Å². The van der Waals surface area contributed by atoms with E-state index in [0.717, 1.165) is 36.1 Å². The number of hydrogen-bond donors (Lipinski definition) is 2. The number of amides is 1. The topological polar surface area (TPSA) is 104 Å². The smallest absolute Gasteiger partial charge is 0.235 e. The Hall–Kier alpha value is -2.83. The lowest BCUT2D eigenvalue weighted by molar-refractivity contribution is -0.113. The lowest BCUT2D eigenvalue weighted by atomic mass is 9.72. The highest BCUT2D eigenvalue weighted by Crippen LogP contribution is 2.44. The van der Waals surface area contributed by atoms with Crippen LogP contribution in [0.4, 0.5) is 5.00 Å². The van der Waals surface area contributed by atoms with E-state index in [4.69, 9.17) is 4.74 Å². The third-order valence-corrected chi connectivity index (χ3v) is 8.03. The molecule has 1 aromatic carbocycles. The maximum Gasteiger partial charge on any atom is 0.235 e. The Morgan fingerprint density at radius 1 is 1.36 bits per heavy atom. The molecule has 4 rings (SSSR count). The molecule has 1 aliphatic rings. The molecule has 33 heavy (non-hydrogen) atoms. The normalized spacial score (nSPS) is 15.5. The van der Waals surface area contributed by atoms with Gasteiger partial charge in [0.2, 0.25) is 11.1 Å². The number of H-pyrrole nitrogens is 1. The second-order valence-electron chi connectivity index (χ2n) is 9.16. The standard InChI is InChI=1S/C24H27N5O2S2/c1-24(2,3)15-7-10-17-18(12-25)22(33-19(17)11-15)26-20(30)13-32-23-27-21(28-29-23)14-5-8-16(31-4)9-6-14/h5-6,8-9,15H,7,10-11,13H2,1-4H3,(H,26,30)(H,27,28,29)/t15-/m1/s1. The molecular weight excluding hydrogens is 454 g/mol. The largest absolute Gasteiger partial charge is 0.497 e. The first kappa shape index (κ1) is 23.3. The molecule has 0 radical (unpaired) electrons. The zero-order chi connectivity index (χ0) is 23.6. The molecule has 2 N–H and O–H groups in total. The van der Waals surface area contributed by atoms with Crippen LogP contribution in [0.5, 0.6) is 5.75 Å². The summed E-state index contributed by atoms with van der Waals surface area (Å²) in [6.45, 7) is 6.81. The van der Waals surface area contributed by atoms with E-state index in [9.17, 15) is 10.1 Å². The van der Waals surface area contributed by atoms with Crippen molar-refractivity contribution in [3.63, 3.8) is 0 Å². The van der Waals surface area contributed by atoms with Crippen LogP contribution in [0.1, 0.15) is 43.2 Å². The molecule has 0 aliphatic heterocycles. The van der Waals surface area contributed by atoms with Crippen molar-refractivity contribution in [3.05, 3.63) is 40.3 Å². The molecule has 1 atom stereocenters. The SMILES string of the molecule is COc1ccc(-c2nc(SCC(=O)Nc3sc4c(c3C#N)CC[C@@H](C(C)(C)C)C4)n[nH]2)cc1. The van der Waals surface area contributed by atoms with Crippen molar-refractivity contribution < 1.29 is 9.53 Å². The molecule has 1 aliphatic carbocycles. The van der Waals surface area contributed by atoms with E-state index >= 15 is 0 Å². The molecule has 7 nitrogen and oxygen atoms in total. The van der Waals surface area contributed by atoms with Crippen molar-refractivity contribution in [2.75, 3.05) is 18.2 Å². The number of aromatic nitrogens is 3. The average Bonchev–Trinajstić information content (AvgIpc) is 3.40. The summed E-state index contributed by atoms with van der Waals surface area (Å²) in [5, 5.41) is 20.9. The van der Waals surface area contributed by atoms with Crippen LogP contribution >= 0.6 is 23.1 Å². The number of thiophene rings is 1. The van der Waals surface area contributed by atoms with Crippen LogP contribution < -0.4 is 10.1 Å². The van der Waals surface area contributed by atoms with Crippen LogP contribution in [0.3, 0.4) is 0 Å². The fraction of sp³-hybridized carbons (Fsp3) is 0.417. The molecule has 0 bridgehead atoms. The molecule has 0 spiro atoms. The van der Waals surface area contributed by atoms with Gasteiger partial charge in [-0.2, -0.15) is 5.26 Å². The molecule has 2 heterocycles. The summed E-state index contributed by atoms with van der Waals surface area (Å²) in [6.07, 6.45) is 2.94. The predicted molar refractivity (Wildman–Crippen MR) is 132 cm³/mol. The Bertz CT molecular complexity index is 1190. The number of nitrogens with one attached hydrogen (secondary N) is 2. The summed E-state index contributed by atoms with van der Waals surface area (Å²) in [6, 6.07) is 9.82. The molecule has 2 aromatic heterocycles. The molecule has 0 saturated carbocycles. The number of carbonyl (C=O) groups is 1. The fourth-order valence-electron chi connectivity index (χ4n) is 4.01. The van der Waals surface area contributed by atoms with E-state index in [1.54, 1.807) is 18.4 Å². The second-order valence-corrected chi connectivity index (χ2v) is 11.2. The van der Waals surface area contributed by atoms with Crippen LogP contribution in [0.25, 0.3) is 11.4 Å². The first-order valence-corrected chi connectivity index (χ1v) is 12.6. The minimum atomic E-state index is -0.168. The summed E-state index contributed by atoms with van der Waals surface area (Å²) in [4.78, 5) is 18.3. The van der Waals surface area contributed by atoms with Crippen molar-refractivity contribution in [2.24, 2.45) is 11.3 Å². The first-order valence-electron chi connectivity index (χ1n) is 10.8. The number of nitriles is 1. The minimum absolute atomic E-state index is 0.165. The molecule has 0 unspecified atom stereocenters. The molecule has 172 valence electrons. The van der Waals surface area contributed by atoms with E-state index in [1.807, 2.05) is 24.3 Å². The van der Waals surface area contributed by atoms with E-state index in [0.29, 0.717) is 27.5 Å². The summed E-state index contributed by atoms with van der Waals surface area (Å²) in [5.74, 6) is 1.98. The van der Waals surface area contributed by atoms with E-state index in [-0.39, 0.29) is 17.1 Å². The van der Waals surface area contributed by atoms with Crippen LogP contribution in [-0.2, 0) is 17.6 Å². The Kier molecular flexibility index (Phi) is 6.77. The molecule has 0 fully saturated rings. The number of benzene rings is 1. The number of methoxy groups -OCH3 is 1. The van der Waals surface area contributed by atoms with Gasteiger partial charge in [0.25, 0.3) is 0 Å². The first-order chi connectivity index (χ1) is 15.8. The van der Waals surface area contributed by atoms with Gasteiger partial charge in [-0.05, 0) is 60.4 Å². The number of rotatable bonds is 6. The van der Waals surface area contributed by atoms with E-state index < -0.39 is 0 Å². The van der Waals surface area contributed by atoms with Gasteiger partial charge in [-0.3, -0.25) is 9.89 Å². The van der Waals surface area contributed by atoms with Crippen LogP contribution in [0.15, 0.2) is 29.4 Å². The van der Waals surface area contributed by atoms with Gasteiger partial charge in [0.1, 0.15) is 16.8 Å². The number of anilines is 1. The number of thioether (sulfide) groups is 1. The average molecular weight is 482 g/mol. The maximum absolute atomic E-state index is 12.6. The van der Waals surface area contributed by atoms with Gasteiger partial charge in [-0.15, -0.1) is 16.4 Å². The van der Waals surface area contributed by atoms with E-state index in [1.165, 1.54) is 16.6 Å². The lowest BCUT2D eigenvalue weighted by Crippen LogP contribution is -2.26. The summed E-state index contributed by atoms with van der Waals surface area (Å²) in [7, 11) is 1.62. The number of nitrogens with zero attached hydrogens (tertiary/aromatic N) is 3.